The highest BCUT2D eigenvalue weighted by atomic mass is 32.2. The predicted molar refractivity (Wildman–Crippen MR) is 95.9 cm³/mol. The van der Waals surface area contributed by atoms with Crippen LogP contribution in [0.1, 0.15) is 0 Å². The molecule has 11 heteroatoms. The summed E-state index contributed by atoms with van der Waals surface area (Å²) in [6.45, 7) is 0. The summed E-state index contributed by atoms with van der Waals surface area (Å²) < 4.78 is 64.7. The Morgan fingerprint density at radius 1 is 0.778 bits per heavy atom. The van der Waals surface area contributed by atoms with Gasteiger partial charge in [0.05, 0.1) is 10.6 Å². The summed E-state index contributed by atoms with van der Waals surface area (Å²) in [5, 5.41) is 17.8. The van der Waals surface area contributed by atoms with Crippen LogP contribution < -0.4 is 0 Å². The van der Waals surface area contributed by atoms with Crippen molar-refractivity contribution in [1.29, 1.82) is 0 Å². The molecule has 0 atom stereocenters. The third kappa shape index (κ3) is 3.95. The first-order chi connectivity index (χ1) is 12.6. The molecule has 0 unspecified atom stereocenters. The van der Waals surface area contributed by atoms with Crippen LogP contribution in [0.25, 0.3) is 10.8 Å². The fourth-order valence-corrected chi connectivity index (χ4v) is 3.76. The van der Waals surface area contributed by atoms with Crippen LogP contribution in [0.3, 0.4) is 0 Å². The maximum absolute atomic E-state index is 11.7. The Kier molecular flexibility index (Phi) is 4.70. The first-order valence-electron chi connectivity index (χ1n) is 7.29. The normalized spacial score (nSPS) is 12.7. The van der Waals surface area contributed by atoms with E-state index in [1.165, 1.54) is 6.07 Å². The Morgan fingerprint density at radius 2 is 1.44 bits per heavy atom. The summed E-state index contributed by atoms with van der Waals surface area (Å²) in [6, 6.07) is 12.5. The number of hydrogen-bond acceptors (Lipinski definition) is 7. The third-order valence-electron chi connectivity index (χ3n) is 3.60. The van der Waals surface area contributed by atoms with Gasteiger partial charge >= 0.3 is 0 Å². The number of hydrogen-bond donors (Lipinski definition) is 3. The van der Waals surface area contributed by atoms with Crippen molar-refractivity contribution < 1.29 is 31.0 Å². The number of azo groups is 1. The van der Waals surface area contributed by atoms with Crippen molar-refractivity contribution in [2.75, 3.05) is 0 Å². The summed E-state index contributed by atoms with van der Waals surface area (Å²) in [5.74, 6) is -0.843. The molecule has 0 radical (unpaired) electrons. The lowest BCUT2D eigenvalue weighted by molar-refractivity contribution is 0.446. The van der Waals surface area contributed by atoms with Crippen molar-refractivity contribution in [3.8, 4) is 5.75 Å². The lowest BCUT2D eigenvalue weighted by atomic mass is 10.1. The van der Waals surface area contributed by atoms with Crippen molar-refractivity contribution in [2.45, 2.75) is 9.79 Å². The van der Waals surface area contributed by atoms with E-state index in [0.717, 1.165) is 18.2 Å². The standard InChI is InChI=1S/C16H12N2O7S2/c19-15-14(18-17-11-4-2-1-3-5-11)9-10-8-12(26(20,21)22)6-7-13(10)16(15)27(23,24)25/h1-9,19H,(H,20,21,22)(H,23,24,25). The highest BCUT2D eigenvalue weighted by Crippen LogP contribution is 2.40. The second-order valence-corrected chi connectivity index (χ2v) is 8.22. The van der Waals surface area contributed by atoms with E-state index in [9.17, 15) is 26.5 Å². The highest BCUT2D eigenvalue weighted by Gasteiger charge is 2.24. The molecule has 27 heavy (non-hydrogen) atoms. The molecule has 0 amide bonds. The molecular formula is C16H12N2O7S2. The summed E-state index contributed by atoms with van der Waals surface area (Å²) in [7, 11) is -9.43. The molecule has 3 aromatic carbocycles. The van der Waals surface area contributed by atoms with E-state index in [0.29, 0.717) is 5.69 Å². The zero-order valence-electron chi connectivity index (χ0n) is 13.4. The summed E-state index contributed by atoms with van der Waals surface area (Å²) in [6.07, 6.45) is 0. The van der Waals surface area contributed by atoms with Gasteiger partial charge in [0.1, 0.15) is 10.6 Å². The van der Waals surface area contributed by atoms with E-state index in [1.807, 2.05) is 0 Å². The minimum Gasteiger partial charge on any atom is -0.504 e. The molecule has 0 aliphatic carbocycles. The van der Waals surface area contributed by atoms with Gasteiger partial charge in [-0.1, -0.05) is 24.3 Å². The Balaban J connectivity index is 2.30. The Labute approximate surface area is 154 Å². The number of aromatic hydroxyl groups is 1. The van der Waals surface area contributed by atoms with Gasteiger partial charge in [-0.25, -0.2) is 0 Å². The number of rotatable bonds is 4. The van der Waals surface area contributed by atoms with E-state index >= 15 is 0 Å². The smallest absolute Gasteiger partial charge is 0.298 e. The van der Waals surface area contributed by atoms with Gasteiger partial charge in [-0.2, -0.15) is 21.9 Å². The number of phenolic OH excluding ortho intramolecular Hbond substituents is 1. The topological polar surface area (TPSA) is 154 Å². The molecule has 0 aliphatic rings. The molecule has 0 heterocycles. The molecule has 140 valence electrons. The molecule has 0 fully saturated rings. The van der Waals surface area contributed by atoms with E-state index in [2.05, 4.69) is 10.2 Å². The average molecular weight is 408 g/mol. The Bertz CT molecular complexity index is 1270. The molecule has 0 spiro atoms. The maximum Gasteiger partial charge on any atom is 0.298 e. The predicted octanol–water partition coefficient (Wildman–Crippen LogP) is 3.45. The van der Waals surface area contributed by atoms with Crippen molar-refractivity contribution in [1.82, 2.24) is 0 Å². The van der Waals surface area contributed by atoms with Crippen molar-refractivity contribution >= 4 is 42.4 Å². The van der Waals surface area contributed by atoms with E-state index in [4.69, 9.17) is 4.55 Å². The van der Waals surface area contributed by atoms with Crippen LogP contribution in [0, 0.1) is 0 Å². The van der Waals surface area contributed by atoms with E-state index in [1.54, 1.807) is 30.3 Å². The molecule has 0 aromatic heterocycles. The lowest BCUT2D eigenvalue weighted by Gasteiger charge is -2.10. The van der Waals surface area contributed by atoms with Crippen LogP contribution in [0.2, 0.25) is 0 Å². The fraction of sp³-hybridized carbons (Fsp3) is 0. The zero-order valence-corrected chi connectivity index (χ0v) is 15.0. The molecular weight excluding hydrogens is 396 g/mol. The summed E-state index contributed by atoms with van der Waals surface area (Å²) in [5.41, 5.74) is 0.101. The van der Waals surface area contributed by atoms with Gasteiger partial charge in [0.15, 0.2) is 5.75 Å². The van der Waals surface area contributed by atoms with Crippen LogP contribution in [-0.2, 0) is 20.2 Å². The second-order valence-electron chi connectivity index (χ2n) is 5.44. The third-order valence-corrected chi connectivity index (χ3v) is 5.38. The Hall–Kier alpha value is -2.86. The van der Waals surface area contributed by atoms with Gasteiger partial charge in [0.25, 0.3) is 20.2 Å². The highest BCUT2D eigenvalue weighted by molar-refractivity contribution is 7.86. The van der Waals surface area contributed by atoms with Gasteiger partial charge in [0.2, 0.25) is 0 Å². The largest absolute Gasteiger partial charge is 0.504 e. The molecule has 3 N–H and O–H groups in total. The SMILES string of the molecule is O=S(=O)(O)c1ccc2c(S(=O)(=O)O)c(O)c(N=Nc3ccccc3)cc2c1. The minimum absolute atomic E-state index is 0.00226. The monoisotopic (exact) mass is 408 g/mol. The molecule has 3 rings (SSSR count). The van der Waals surface area contributed by atoms with Crippen molar-refractivity contribution in [3.63, 3.8) is 0 Å². The molecule has 0 saturated heterocycles. The average Bonchev–Trinajstić information content (AvgIpc) is 2.58. The van der Waals surface area contributed by atoms with Crippen molar-refractivity contribution in [2.24, 2.45) is 10.2 Å². The fourth-order valence-electron chi connectivity index (χ4n) is 2.43. The van der Waals surface area contributed by atoms with Gasteiger partial charge < -0.3 is 5.11 Å². The molecule has 3 aromatic rings. The summed E-state index contributed by atoms with van der Waals surface area (Å²) >= 11 is 0. The van der Waals surface area contributed by atoms with Crippen LogP contribution >= 0.6 is 0 Å². The van der Waals surface area contributed by atoms with Crippen LogP contribution in [0.4, 0.5) is 11.4 Å². The molecule has 9 nitrogen and oxygen atoms in total. The number of phenols is 1. The maximum atomic E-state index is 11.7. The van der Waals surface area contributed by atoms with E-state index in [-0.39, 0.29) is 16.5 Å². The van der Waals surface area contributed by atoms with Crippen molar-refractivity contribution in [3.05, 3.63) is 54.6 Å². The van der Waals surface area contributed by atoms with Gasteiger partial charge in [-0.15, -0.1) is 5.11 Å². The molecule has 0 aliphatic heterocycles. The zero-order chi connectivity index (χ0) is 19.8. The lowest BCUT2D eigenvalue weighted by Crippen LogP contribution is -2.02. The molecule has 0 bridgehead atoms. The second kappa shape index (κ2) is 6.70. The minimum atomic E-state index is -4.88. The summed E-state index contributed by atoms with van der Waals surface area (Å²) in [4.78, 5) is -1.34. The van der Waals surface area contributed by atoms with Crippen LogP contribution in [0.5, 0.6) is 5.75 Å². The number of nitrogens with zero attached hydrogens (tertiary/aromatic N) is 2. The number of benzene rings is 3. The Morgan fingerprint density at radius 3 is 2.04 bits per heavy atom. The van der Waals surface area contributed by atoms with Crippen LogP contribution in [-0.4, -0.2) is 31.0 Å². The first kappa shape index (κ1) is 18.9. The van der Waals surface area contributed by atoms with E-state index < -0.39 is 35.8 Å². The van der Waals surface area contributed by atoms with Gasteiger partial charge in [-0.3, -0.25) is 9.11 Å². The van der Waals surface area contributed by atoms with Gasteiger partial charge in [0, 0.05) is 5.39 Å². The number of fused-ring (bicyclic) bond motifs is 1. The quantitative estimate of drug-likeness (QED) is 0.441. The molecule has 0 saturated carbocycles. The van der Waals surface area contributed by atoms with Gasteiger partial charge in [-0.05, 0) is 35.7 Å². The van der Waals surface area contributed by atoms with Crippen LogP contribution in [0.15, 0.2) is 74.6 Å². The first-order valence-corrected chi connectivity index (χ1v) is 10.2.